The van der Waals surface area contributed by atoms with E-state index in [2.05, 4.69) is 48.6 Å². The number of benzene rings is 2. The van der Waals surface area contributed by atoms with Crippen LogP contribution in [0, 0.1) is 0 Å². The normalized spacial score (nSPS) is 17.4. The lowest BCUT2D eigenvalue weighted by Crippen LogP contribution is -2.41. The van der Waals surface area contributed by atoms with Crippen LogP contribution in [-0.4, -0.2) is 17.7 Å². The smallest absolute Gasteiger partial charge is 0.115 e. The summed E-state index contributed by atoms with van der Waals surface area (Å²) >= 11 is 0. The first-order valence-electron chi connectivity index (χ1n) is 7.81. The third-order valence-corrected chi connectivity index (χ3v) is 4.61. The molecule has 2 N–H and O–H groups in total. The Kier molecular flexibility index (Phi) is 3.98. The first kappa shape index (κ1) is 14.2. The van der Waals surface area contributed by atoms with Gasteiger partial charge < -0.3 is 10.4 Å². The second-order valence-corrected chi connectivity index (χ2v) is 6.01. The van der Waals surface area contributed by atoms with Crippen LogP contribution in [0.15, 0.2) is 54.6 Å². The maximum Gasteiger partial charge on any atom is 0.115 e. The summed E-state index contributed by atoms with van der Waals surface area (Å²) in [5, 5.41) is 13.3. The molecule has 1 unspecified atom stereocenters. The molecule has 2 heteroatoms. The van der Waals surface area contributed by atoms with E-state index < -0.39 is 0 Å². The maximum atomic E-state index is 9.67. The molecule has 21 heavy (non-hydrogen) atoms. The second-order valence-electron chi connectivity index (χ2n) is 6.01. The SMILES string of the molecule is CCNC(Cc1cccc(O)c1)C1(c2ccccc2)CC1. The molecular weight excluding hydrogens is 258 g/mol. The van der Waals surface area contributed by atoms with Gasteiger partial charge in [0.15, 0.2) is 0 Å². The molecule has 1 saturated carbocycles. The molecule has 0 aromatic heterocycles. The number of likely N-dealkylation sites (N-methyl/N-ethyl adjacent to an activating group) is 1. The second kappa shape index (κ2) is 5.90. The van der Waals surface area contributed by atoms with Crippen LogP contribution in [0.3, 0.4) is 0 Å². The summed E-state index contributed by atoms with van der Waals surface area (Å²) in [5.74, 6) is 0.354. The van der Waals surface area contributed by atoms with Crippen molar-refractivity contribution >= 4 is 0 Å². The number of nitrogens with one attached hydrogen (secondary N) is 1. The van der Waals surface area contributed by atoms with Crippen molar-refractivity contribution in [3.05, 3.63) is 65.7 Å². The Labute approximate surface area is 126 Å². The van der Waals surface area contributed by atoms with Gasteiger partial charge in [0, 0.05) is 11.5 Å². The van der Waals surface area contributed by atoms with Crippen molar-refractivity contribution in [3.8, 4) is 5.75 Å². The average Bonchev–Trinajstić information content (AvgIpc) is 3.30. The van der Waals surface area contributed by atoms with E-state index >= 15 is 0 Å². The lowest BCUT2D eigenvalue weighted by molar-refractivity contribution is 0.420. The van der Waals surface area contributed by atoms with E-state index in [0.29, 0.717) is 11.8 Å². The minimum Gasteiger partial charge on any atom is -0.508 e. The minimum absolute atomic E-state index is 0.267. The van der Waals surface area contributed by atoms with E-state index in [0.717, 1.165) is 13.0 Å². The Balaban J connectivity index is 1.85. The monoisotopic (exact) mass is 281 g/mol. The van der Waals surface area contributed by atoms with Crippen LogP contribution in [0.4, 0.5) is 0 Å². The van der Waals surface area contributed by atoms with Crippen LogP contribution in [0.1, 0.15) is 30.9 Å². The lowest BCUT2D eigenvalue weighted by Gasteiger charge is -2.28. The van der Waals surface area contributed by atoms with Crippen LogP contribution in [0.5, 0.6) is 5.75 Å². The Bertz CT molecular complexity index is 590. The summed E-state index contributed by atoms with van der Waals surface area (Å²) in [7, 11) is 0. The van der Waals surface area contributed by atoms with Crippen LogP contribution >= 0.6 is 0 Å². The summed E-state index contributed by atoms with van der Waals surface area (Å²) in [6, 6.07) is 18.9. The molecule has 1 fully saturated rings. The van der Waals surface area contributed by atoms with Crippen molar-refractivity contribution in [2.45, 2.75) is 37.6 Å². The molecule has 2 aromatic carbocycles. The molecule has 0 bridgehead atoms. The highest BCUT2D eigenvalue weighted by Crippen LogP contribution is 2.51. The predicted molar refractivity (Wildman–Crippen MR) is 86.6 cm³/mol. The van der Waals surface area contributed by atoms with Gasteiger partial charge in [-0.2, -0.15) is 0 Å². The van der Waals surface area contributed by atoms with Crippen molar-refractivity contribution < 1.29 is 5.11 Å². The van der Waals surface area contributed by atoms with Gasteiger partial charge >= 0.3 is 0 Å². The van der Waals surface area contributed by atoms with Crippen LogP contribution in [0.25, 0.3) is 0 Å². The zero-order chi connectivity index (χ0) is 14.7. The van der Waals surface area contributed by atoms with Gasteiger partial charge in [-0.25, -0.2) is 0 Å². The van der Waals surface area contributed by atoms with Gasteiger partial charge in [-0.3, -0.25) is 0 Å². The summed E-state index contributed by atoms with van der Waals surface area (Å²) in [6.45, 7) is 3.13. The molecule has 2 aromatic rings. The van der Waals surface area contributed by atoms with Crippen molar-refractivity contribution in [1.29, 1.82) is 0 Å². The Morgan fingerprint density at radius 3 is 2.48 bits per heavy atom. The van der Waals surface area contributed by atoms with E-state index in [9.17, 15) is 5.11 Å². The summed E-state index contributed by atoms with van der Waals surface area (Å²) in [5.41, 5.74) is 2.90. The molecule has 3 rings (SSSR count). The van der Waals surface area contributed by atoms with Gasteiger partial charge in [-0.1, -0.05) is 49.4 Å². The maximum absolute atomic E-state index is 9.67. The standard InChI is InChI=1S/C19H23NO/c1-2-20-18(14-15-7-6-10-17(21)13-15)19(11-12-19)16-8-4-3-5-9-16/h3-10,13,18,20-21H,2,11-12,14H2,1H3. The predicted octanol–water partition coefficient (Wildman–Crippen LogP) is 3.64. The quantitative estimate of drug-likeness (QED) is 0.847. The van der Waals surface area contributed by atoms with Gasteiger partial charge in [-0.15, -0.1) is 0 Å². The highest BCUT2D eigenvalue weighted by atomic mass is 16.3. The fraction of sp³-hybridized carbons (Fsp3) is 0.368. The van der Waals surface area contributed by atoms with Gasteiger partial charge in [0.2, 0.25) is 0 Å². The fourth-order valence-electron chi connectivity index (χ4n) is 3.37. The molecule has 1 aliphatic carbocycles. The molecule has 0 heterocycles. The zero-order valence-corrected chi connectivity index (χ0v) is 12.5. The van der Waals surface area contributed by atoms with E-state index in [1.54, 1.807) is 6.07 Å². The molecule has 110 valence electrons. The van der Waals surface area contributed by atoms with E-state index in [1.807, 2.05) is 12.1 Å². The number of hydrogen-bond acceptors (Lipinski definition) is 2. The Hall–Kier alpha value is -1.80. The van der Waals surface area contributed by atoms with Crippen molar-refractivity contribution in [2.75, 3.05) is 6.54 Å². The molecule has 0 radical (unpaired) electrons. The molecular formula is C19H23NO. The topological polar surface area (TPSA) is 32.3 Å². The molecule has 1 aliphatic rings. The van der Waals surface area contributed by atoms with E-state index in [-0.39, 0.29) is 5.41 Å². The van der Waals surface area contributed by atoms with Crippen molar-refractivity contribution in [2.24, 2.45) is 0 Å². The third kappa shape index (κ3) is 2.96. The Morgan fingerprint density at radius 2 is 1.86 bits per heavy atom. The molecule has 0 spiro atoms. The molecule has 0 saturated heterocycles. The first-order chi connectivity index (χ1) is 10.2. The number of hydrogen-bond donors (Lipinski definition) is 2. The third-order valence-electron chi connectivity index (χ3n) is 4.61. The summed E-state index contributed by atoms with van der Waals surface area (Å²) in [6.07, 6.45) is 3.44. The van der Waals surface area contributed by atoms with Gasteiger partial charge in [0.05, 0.1) is 0 Å². The Morgan fingerprint density at radius 1 is 1.10 bits per heavy atom. The average molecular weight is 281 g/mol. The lowest BCUT2D eigenvalue weighted by atomic mass is 9.84. The largest absolute Gasteiger partial charge is 0.508 e. The molecule has 0 amide bonds. The minimum atomic E-state index is 0.267. The zero-order valence-electron chi connectivity index (χ0n) is 12.5. The first-order valence-corrected chi connectivity index (χ1v) is 7.81. The summed E-state index contributed by atoms with van der Waals surface area (Å²) in [4.78, 5) is 0. The highest BCUT2D eigenvalue weighted by molar-refractivity contribution is 5.36. The van der Waals surface area contributed by atoms with Crippen molar-refractivity contribution in [1.82, 2.24) is 5.32 Å². The molecule has 1 atom stereocenters. The number of phenols is 1. The van der Waals surface area contributed by atoms with Crippen LogP contribution < -0.4 is 5.32 Å². The van der Waals surface area contributed by atoms with Crippen LogP contribution in [0.2, 0.25) is 0 Å². The number of rotatable bonds is 6. The number of phenolic OH excluding ortho intramolecular Hbond substituents is 1. The van der Waals surface area contributed by atoms with Crippen molar-refractivity contribution in [3.63, 3.8) is 0 Å². The van der Waals surface area contributed by atoms with E-state index in [1.165, 1.54) is 24.0 Å². The van der Waals surface area contributed by atoms with E-state index in [4.69, 9.17) is 0 Å². The van der Waals surface area contributed by atoms with Gasteiger partial charge in [0.25, 0.3) is 0 Å². The highest BCUT2D eigenvalue weighted by Gasteiger charge is 2.50. The number of aromatic hydroxyl groups is 1. The van der Waals surface area contributed by atoms with Gasteiger partial charge in [-0.05, 0) is 49.1 Å². The molecule has 2 nitrogen and oxygen atoms in total. The molecule has 0 aliphatic heterocycles. The van der Waals surface area contributed by atoms with Gasteiger partial charge in [0.1, 0.15) is 5.75 Å². The fourth-order valence-corrected chi connectivity index (χ4v) is 3.37. The summed E-state index contributed by atoms with van der Waals surface area (Å²) < 4.78 is 0. The van der Waals surface area contributed by atoms with Crippen LogP contribution in [-0.2, 0) is 11.8 Å².